The number of carbonyl (C=O) groups is 1. The zero-order chi connectivity index (χ0) is 15.8. The number of carbonyl (C=O) groups excluding carboxylic acids is 1. The Morgan fingerprint density at radius 3 is 2.61 bits per heavy atom. The fraction of sp³-hybridized carbons (Fsp3) is 0.235. The second-order valence-electron chi connectivity index (χ2n) is 4.92. The van der Waals surface area contributed by atoms with Gasteiger partial charge >= 0.3 is 0 Å². The second kappa shape index (κ2) is 10.3. The summed E-state index contributed by atoms with van der Waals surface area (Å²) in [5, 5.41) is 3.39. The van der Waals surface area contributed by atoms with Crippen molar-refractivity contribution >= 4 is 34.2 Å². The highest BCUT2D eigenvalue weighted by Gasteiger charge is 2.06. The van der Waals surface area contributed by atoms with Crippen LogP contribution in [0, 0.1) is 0 Å². The van der Waals surface area contributed by atoms with Crippen LogP contribution in [0.1, 0.15) is 11.1 Å². The molecule has 0 saturated heterocycles. The van der Waals surface area contributed by atoms with Crippen molar-refractivity contribution in [2.75, 3.05) is 13.2 Å². The molecular formula is C17H20BrClN2O2. The highest BCUT2D eigenvalue weighted by Crippen LogP contribution is 2.23. The van der Waals surface area contributed by atoms with Crippen LogP contribution in [0.5, 0.6) is 5.75 Å². The van der Waals surface area contributed by atoms with Gasteiger partial charge in [-0.2, -0.15) is 0 Å². The van der Waals surface area contributed by atoms with Crippen molar-refractivity contribution in [3.8, 4) is 5.75 Å². The van der Waals surface area contributed by atoms with Crippen LogP contribution in [0.15, 0.2) is 53.0 Å². The Hall–Kier alpha value is -1.56. The van der Waals surface area contributed by atoms with Crippen molar-refractivity contribution in [1.29, 1.82) is 0 Å². The Morgan fingerprint density at radius 2 is 1.91 bits per heavy atom. The molecule has 0 radical (unpaired) electrons. The molecule has 2 rings (SSSR count). The molecule has 0 saturated carbocycles. The van der Waals surface area contributed by atoms with Crippen LogP contribution in [0.3, 0.4) is 0 Å². The van der Waals surface area contributed by atoms with Crippen molar-refractivity contribution in [1.82, 2.24) is 5.32 Å². The van der Waals surface area contributed by atoms with Crippen LogP contribution in [0.2, 0.25) is 0 Å². The number of hydrogen-bond donors (Lipinski definition) is 2. The molecule has 4 nitrogen and oxygen atoms in total. The zero-order valence-electron chi connectivity index (χ0n) is 12.6. The molecule has 2 aromatic rings. The molecule has 0 unspecified atom stereocenters. The number of amides is 1. The topological polar surface area (TPSA) is 64.4 Å². The number of primary amides is 1. The van der Waals surface area contributed by atoms with E-state index >= 15 is 0 Å². The smallest absolute Gasteiger partial charge is 0.255 e. The first-order chi connectivity index (χ1) is 10.6. The van der Waals surface area contributed by atoms with E-state index in [2.05, 4.69) is 33.4 Å². The van der Waals surface area contributed by atoms with Crippen molar-refractivity contribution in [2.24, 2.45) is 5.73 Å². The van der Waals surface area contributed by atoms with E-state index in [-0.39, 0.29) is 19.0 Å². The van der Waals surface area contributed by atoms with Gasteiger partial charge in [0.25, 0.3) is 5.91 Å². The van der Waals surface area contributed by atoms with Crippen molar-refractivity contribution in [3.63, 3.8) is 0 Å². The lowest BCUT2D eigenvalue weighted by Crippen LogP contribution is -2.21. The first kappa shape index (κ1) is 19.5. The summed E-state index contributed by atoms with van der Waals surface area (Å²) in [6, 6.07) is 16.0. The van der Waals surface area contributed by atoms with E-state index in [0.29, 0.717) is 12.3 Å². The van der Waals surface area contributed by atoms with Gasteiger partial charge in [0, 0.05) is 16.6 Å². The van der Waals surface area contributed by atoms with Gasteiger partial charge in [-0.3, -0.25) is 4.79 Å². The number of benzene rings is 2. The third-order valence-electron chi connectivity index (χ3n) is 3.14. The maximum absolute atomic E-state index is 10.8. The lowest BCUT2D eigenvalue weighted by molar-refractivity contribution is -0.119. The summed E-state index contributed by atoms with van der Waals surface area (Å²) in [6.07, 6.45) is 0.965. The van der Waals surface area contributed by atoms with E-state index in [9.17, 15) is 4.79 Å². The summed E-state index contributed by atoms with van der Waals surface area (Å²) in [5.74, 6) is 0.195. The summed E-state index contributed by atoms with van der Waals surface area (Å²) in [7, 11) is 0. The van der Waals surface area contributed by atoms with Crippen molar-refractivity contribution < 1.29 is 9.53 Å². The monoisotopic (exact) mass is 398 g/mol. The summed E-state index contributed by atoms with van der Waals surface area (Å²) < 4.78 is 6.40. The Morgan fingerprint density at radius 1 is 1.17 bits per heavy atom. The zero-order valence-corrected chi connectivity index (χ0v) is 15.0. The summed E-state index contributed by atoms with van der Waals surface area (Å²) in [6.45, 7) is 1.42. The molecule has 0 aromatic heterocycles. The van der Waals surface area contributed by atoms with Gasteiger partial charge < -0.3 is 15.8 Å². The molecule has 124 valence electrons. The Balaban J connectivity index is 0.00000264. The maximum Gasteiger partial charge on any atom is 0.255 e. The van der Waals surface area contributed by atoms with E-state index < -0.39 is 5.91 Å². The first-order valence-electron chi connectivity index (χ1n) is 7.09. The van der Waals surface area contributed by atoms with Gasteiger partial charge in [-0.05, 0) is 36.7 Å². The van der Waals surface area contributed by atoms with Crippen molar-refractivity contribution in [2.45, 2.75) is 13.0 Å². The molecule has 0 aliphatic rings. The molecule has 1 amide bonds. The maximum atomic E-state index is 10.8. The molecule has 0 atom stereocenters. The quantitative estimate of drug-likeness (QED) is 0.671. The van der Waals surface area contributed by atoms with Crippen LogP contribution in [0.4, 0.5) is 0 Å². The summed E-state index contributed by atoms with van der Waals surface area (Å²) in [4.78, 5) is 10.8. The largest absolute Gasteiger partial charge is 0.483 e. The van der Waals surface area contributed by atoms with Crippen LogP contribution in [-0.2, 0) is 17.8 Å². The summed E-state index contributed by atoms with van der Waals surface area (Å²) in [5.41, 5.74) is 7.41. The van der Waals surface area contributed by atoms with Crippen LogP contribution in [0.25, 0.3) is 0 Å². The normalized spacial score (nSPS) is 9.96. The van der Waals surface area contributed by atoms with Gasteiger partial charge in [-0.25, -0.2) is 0 Å². The standard InChI is InChI=1S/C17H19BrN2O2.ClH/c18-15-6-7-16(22-12-17(19)21)14(10-15)11-20-9-8-13-4-2-1-3-5-13;/h1-7,10,20H,8-9,11-12H2,(H2,19,21);1H. The van der Waals surface area contributed by atoms with Gasteiger partial charge in [0.2, 0.25) is 0 Å². The molecule has 0 heterocycles. The molecule has 0 spiro atoms. The van der Waals surface area contributed by atoms with E-state index in [4.69, 9.17) is 10.5 Å². The predicted molar refractivity (Wildman–Crippen MR) is 97.9 cm³/mol. The number of ether oxygens (including phenoxy) is 1. The molecule has 0 aliphatic carbocycles. The first-order valence-corrected chi connectivity index (χ1v) is 7.88. The number of halogens is 2. The fourth-order valence-electron chi connectivity index (χ4n) is 2.08. The Bertz CT molecular complexity index is 623. The van der Waals surface area contributed by atoms with Gasteiger partial charge in [0.15, 0.2) is 6.61 Å². The van der Waals surface area contributed by atoms with E-state index in [1.165, 1.54) is 5.56 Å². The van der Waals surface area contributed by atoms with Gasteiger partial charge in [-0.15, -0.1) is 12.4 Å². The lowest BCUT2D eigenvalue weighted by Gasteiger charge is -2.12. The average Bonchev–Trinajstić information content (AvgIpc) is 2.51. The number of hydrogen-bond acceptors (Lipinski definition) is 3. The second-order valence-corrected chi connectivity index (χ2v) is 5.84. The predicted octanol–water partition coefficient (Wildman–Crippen LogP) is 3.07. The van der Waals surface area contributed by atoms with E-state index in [0.717, 1.165) is 23.0 Å². The molecule has 0 aliphatic heterocycles. The minimum absolute atomic E-state index is 0. The minimum atomic E-state index is -0.481. The lowest BCUT2D eigenvalue weighted by atomic mass is 10.1. The highest BCUT2D eigenvalue weighted by molar-refractivity contribution is 9.10. The molecule has 0 bridgehead atoms. The number of nitrogens with one attached hydrogen (secondary N) is 1. The summed E-state index contributed by atoms with van der Waals surface area (Å²) >= 11 is 3.45. The molecule has 23 heavy (non-hydrogen) atoms. The Labute approximate surface area is 150 Å². The molecule has 0 fully saturated rings. The SMILES string of the molecule is Cl.NC(=O)COc1ccc(Br)cc1CNCCc1ccccc1. The van der Waals surface area contributed by atoms with Gasteiger partial charge in [0.05, 0.1) is 0 Å². The van der Waals surface area contributed by atoms with Crippen LogP contribution in [-0.4, -0.2) is 19.1 Å². The average molecular weight is 400 g/mol. The third kappa shape index (κ3) is 7.03. The van der Waals surface area contributed by atoms with Crippen molar-refractivity contribution in [3.05, 3.63) is 64.1 Å². The third-order valence-corrected chi connectivity index (χ3v) is 3.63. The number of rotatable bonds is 8. The van der Waals surface area contributed by atoms with E-state index in [1.54, 1.807) is 0 Å². The van der Waals surface area contributed by atoms with Gasteiger partial charge in [0.1, 0.15) is 5.75 Å². The minimum Gasteiger partial charge on any atom is -0.483 e. The van der Waals surface area contributed by atoms with Gasteiger partial charge in [-0.1, -0.05) is 46.3 Å². The Kier molecular flexibility index (Phi) is 8.69. The van der Waals surface area contributed by atoms with E-state index in [1.807, 2.05) is 36.4 Å². The molecule has 2 aromatic carbocycles. The van der Waals surface area contributed by atoms with Crippen LogP contribution >= 0.6 is 28.3 Å². The fourth-order valence-corrected chi connectivity index (χ4v) is 2.48. The highest BCUT2D eigenvalue weighted by atomic mass is 79.9. The molecular weight excluding hydrogens is 380 g/mol. The van der Waals surface area contributed by atoms with Crippen LogP contribution < -0.4 is 15.8 Å². The number of nitrogens with two attached hydrogens (primary N) is 1. The molecule has 6 heteroatoms. The molecule has 3 N–H and O–H groups in total.